The lowest BCUT2D eigenvalue weighted by Crippen LogP contribution is -2.59. The zero-order valence-electron chi connectivity index (χ0n) is 8.42. The van der Waals surface area contributed by atoms with E-state index in [0.717, 1.165) is 0 Å². The Morgan fingerprint density at radius 3 is 1.80 bits per heavy atom. The second kappa shape index (κ2) is 5.73. The Labute approximate surface area is 88.5 Å². The van der Waals surface area contributed by atoms with Crippen molar-refractivity contribution in [2.75, 3.05) is 19.8 Å². The molecule has 0 fully saturated rings. The number of hydrogen-bond donors (Lipinski definition) is 5. The smallest absolute Gasteiger partial charge is 0.281 e. The van der Waals surface area contributed by atoms with E-state index in [4.69, 9.17) is 19.9 Å². The van der Waals surface area contributed by atoms with Crippen LogP contribution in [0, 0.1) is 0 Å². The molecule has 7 nitrogen and oxygen atoms in total. The van der Waals surface area contributed by atoms with Crippen LogP contribution in [-0.4, -0.2) is 59.0 Å². The maximum absolute atomic E-state index is 10.8. The molecule has 15 heavy (non-hydrogen) atoms. The molecule has 0 saturated carbocycles. The molecule has 5 N–H and O–H groups in total. The molecule has 0 aliphatic rings. The van der Waals surface area contributed by atoms with Gasteiger partial charge in [-0.2, -0.15) is 8.42 Å². The van der Waals surface area contributed by atoms with E-state index in [9.17, 15) is 8.42 Å². The molecule has 0 rings (SSSR count). The number of hydrogen-bond acceptors (Lipinski definition) is 6. The van der Waals surface area contributed by atoms with Crippen molar-refractivity contribution in [3.05, 3.63) is 0 Å². The minimum absolute atomic E-state index is 0.0422. The summed E-state index contributed by atoms with van der Waals surface area (Å²) in [5.74, 6) is 0. The predicted octanol–water partition coefficient (Wildman–Crippen LogP) is -2.08. The fraction of sp³-hybridized carbons (Fsp3) is 1.00. The molecule has 8 heteroatoms. The molecule has 0 spiro atoms. The lowest BCUT2D eigenvalue weighted by molar-refractivity contribution is 0.0393. The summed E-state index contributed by atoms with van der Waals surface area (Å²) in [4.78, 5) is 0. The average Bonchev–Trinajstić information content (AvgIpc) is 2.19. The van der Waals surface area contributed by atoms with Gasteiger partial charge < -0.3 is 15.3 Å². The van der Waals surface area contributed by atoms with Crippen LogP contribution in [0.2, 0.25) is 0 Å². The normalized spacial score (nSPS) is 15.3. The summed E-state index contributed by atoms with van der Waals surface area (Å²) >= 11 is 0. The van der Waals surface area contributed by atoms with Crippen molar-refractivity contribution in [3.63, 3.8) is 0 Å². The van der Waals surface area contributed by atoms with Crippen LogP contribution in [0.5, 0.6) is 0 Å². The van der Waals surface area contributed by atoms with Gasteiger partial charge in [-0.3, -0.25) is 9.87 Å². The SMILES string of the molecule is CCC(NC(CO)(CO)CO)S(=O)(=O)O. The quantitative estimate of drug-likeness (QED) is 0.325. The monoisotopic (exact) mass is 243 g/mol. The molecular weight excluding hydrogens is 226 g/mol. The van der Waals surface area contributed by atoms with Gasteiger partial charge in [-0.1, -0.05) is 6.92 Å². The minimum Gasteiger partial charge on any atom is -0.394 e. The van der Waals surface area contributed by atoms with Gasteiger partial charge >= 0.3 is 0 Å². The predicted molar refractivity (Wildman–Crippen MR) is 52.8 cm³/mol. The van der Waals surface area contributed by atoms with Crippen molar-refractivity contribution < 1.29 is 28.3 Å². The molecule has 0 bridgehead atoms. The first-order valence-corrected chi connectivity index (χ1v) is 5.92. The van der Waals surface area contributed by atoms with Crippen molar-refractivity contribution in [3.8, 4) is 0 Å². The van der Waals surface area contributed by atoms with E-state index >= 15 is 0 Å². The van der Waals surface area contributed by atoms with E-state index in [1.807, 2.05) is 0 Å². The van der Waals surface area contributed by atoms with E-state index in [0.29, 0.717) is 0 Å². The van der Waals surface area contributed by atoms with Gasteiger partial charge in [0.05, 0.1) is 25.4 Å². The third-order valence-corrected chi connectivity index (χ3v) is 3.28. The number of nitrogens with one attached hydrogen (secondary N) is 1. The van der Waals surface area contributed by atoms with Crippen LogP contribution in [0.3, 0.4) is 0 Å². The second-order valence-corrected chi connectivity index (χ2v) is 4.91. The summed E-state index contributed by atoms with van der Waals surface area (Å²) in [6, 6.07) is 0. The lowest BCUT2D eigenvalue weighted by atomic mass is 10.0. The van der Waals surface area contributed by atoms with Crippen LogP contribution in [0.15, 0.2) is 0 Å². The molecule has 0 aromatic heterocycles. The first-order valence-electron chi connectivity index (χ1n) is 4.41. The van der Waals surface area contributed by atoms with Gasteiger partial charge in [-0.15, -0.1) is 0 Å². The van der Waals surface area contributed by atoms with Gasteiger partial charge in [-0.05, 0) is 6.42 Å². The fourth-order valence-corrected chi connectivity index (χ4v) is 1.84. The molecule has 0 aliphatic carbocycles. The third-order valence-electron chi connectivity index (χ3n) is 2.11. The molecular formula is C7H17NO6S. The average molecular weight is 243 g/mol. The molecule has 92 valence electrons. The lowest BCUT2D eigenvalue weighted by Gasteiger charge is -2.31. The fourth-order valence-electron chi connectivity index (χ4n) is 1.02. The van der Waals surface area contributed by atoms with E-state index in [1.54, 1.807) is 0 Å². The maximum Gasteiger partial charge on any atom is 0.281 e. The summed E-state index contributed by atoms with van der Waals surface area (Å²) in [6.45, 7) is -0.438. The Hall–Kier alpha value is -0.250. The van der Waals surface area contributed by atoms with E-state index < -0.39 is 40.9 Å². The molecule has 1 unspecified atom stereocenters. The molecule has 0 aromatic rings. The first kappa shape index (κ1) is 14.8. The van der Waals surface area contributed by atoms with Crippen LogP contribution in [-0.2, 0) is 10.1 Å². The summed E-state index contributed by atoms with van der Waals surface area (Å²) in [7, 11) is -4.32. The molecule has 1 atom stereocenters. The van der Waals surface area contributed by atoms with Gasteiger partial charge in [0.15, 0.2) is 0 Å². The summed E-state index contributed by atoms with van der Waals surface area (Å²) in [6.07, 6.45) is 0.0422. The van der Waals surface area contributed by atoms with Crippen LogP contribution in [0.4, 0.5) is 0 Å². The van der Waals surface area contributed by atoms with E-state index in [2.05, 4.69) is 5.32 Å². The summed E-state index contributed by atoms with van der Waals surface area (Å²) in [5.41, 5.74) is -1.52. The Bertz CT molecular complexity index is 265. The highest BCUT2D eigenvalue weighted by Crippen LogP contribution is 2.09. The Balaban J connectivity index is 4.79. The molecule has 0 heterocycles. The summed E-state index contributed by atoms with van der Waals surface area (Å²) < 4.78 is 30.5. The molecule has 0 aliphatic heterocycles. The van der Waals surface area contributed by atoms with Crippen molar-refractivity contribution >= 4 is 10.1 Å². The van der Waals surface area contributed by atoms with Crippen LogP contribution in [0.25, 0.3) is 0 Å². The van der Waals surface area contributed by atoms with Crippen molar-refractivity contribution in [1.29, 1.82) is 0 Å². The van der Waals surface area contributed by atoms with E-state index in [-0.39, 0.29) is 6.42 Å². The molecule has 0 aromatic carbocycles. The van der Waals surface area contributed by atoms with Crippen molar-refractivity contribution in [1.82, 2.24) is 5.32 Å². The Morgan fingerprint density at radius 1 is 1.20 bits per heavy atom. The van der Waals surface area contributed by atoms with Crippen LogP contribution < -0.4 is 5.32 Å². The minimum atomic E-state index is -4.32. The van der Waals surface area contributed by atoms with Gasteiger partial charge in [-0.25, -0.2) is 0 Å². The van der Waals surface area contributed by atoms with E-state index in [1.165, 1.54) is 6.92 Å². The first-order chi connectivity index (χ1) is 6.85. The van der Waals surface area contributed by atoms with Gasteiger partial charge in [0.2, 0.25) is 0 Å². The van der Waals surface area contributed by atoms with Crippen molar-refractivity contribution in [2.24, 2.45) is 0 Å². The highest BCUT2D eigenvalue weighted by molar-refractivity contribution is 7.86. The summed E-state index contributed by atoms with van der Waals surface area (Å²) in [5, 5.41) is 27.8. The Morgan fingerprint density at radius 2 is 1.60 bits per heavy atom. The number of aliphatic hydroxyl groups excluding tert-OH is 3. The van der Waals surface area contributed by atoms with Crippen molar-refractivity contribution in [2.45, 2.75) is 24.3 Å². The Kier molecular flexibility index (Phi) is 5.63. The maximum atomic E-state index is 10.8. The number of aliphatic hydroxyl groups is 3. The van der Waals surface area contributed by atoms with Gasteiger partial charge in [0.25, 0.3) is 10.1 Å². The molecule has 0 saturated heterocycles. The van der Waals surface area contributed by atoms with Gasteiger partial charge in [0, 0.05) is 0 Å². The topological polar surface area (TPSA) is 127 Å². The number of rotatable bonds is 7. The second-order valence-electron chi connectivity index (χ2n) is 3.31. The molecule has 0 amide bonds. The largest absolute Gasteiger partial charge is 0.394 e. The van der Waals surface area contributed by atoms with Crippen LogP contribution in [0.1, 0.15) is 13.3 Å². The molecule has 0 radical (unpaired) electrons. The van der Waals surface area contributed by atoms with Gasteiger partial charge in [0.1, 0.15) is 5.37 Å². The van der Waals surface area contributed by atoms with Crippen LogP contribution >= 0.6 is 0 Å². The zero-order valence-corrected chi connectivity index (χ0v) is 9.24. The third kappa shape index (κ3) is 4.01. The highest BCUT2D eigenvalue weighted by atomic mass is 32.2. The highest BCUT2D eigenvalue weighted by Gasteiger charge is 2.34. The standard InChI is InChI=1S/C7H17NO6S/c1-2-6(15(12,13)14)8-7(3-9,4-10)5-11/h6,8-11H,2-5H2,1H3,(H,12,13,14). The zero-order chi connectivity index (χ0) is 12.1.